The molecule has 1 aromatic carbocycles. The minimum atomic E-state index is 0.853. The molecule has 4 heteroatoms. The Morgan fingerprint density at radius 1 is 1.14 bits per heavy atom. The Morgan fingerprint density at radius 2 is 1.90 bits per heavy atom. The first kappa shape index (κ1) is 16.0. The molecule has 0 aliphatic carbocycles. The topological polar surface area (TPSA) is 33.1 Å². The molecule has 0 atom stereocenters. The fraction of sp³-hybridized carbons (Fsp3) is 0.588. The number of nitrogens with zero attached hydrogens (tertiary/aromatic N) is 3. The van der Waals surface area contributed by atoms with E-state index in [1.54, 1.807) is 0 Å². The summed E-state index contributed by atoms with van der Waals surface area (Å²) in [7, 11) is 0. The second-order valence-electron chi connectivity index (χ2n) is 5.34. The Balaban J connectivity index is 1.86. The van der Waals surface area contributed by atoms with Gasteiger partial charge in [0, 0.05) is 18.5 Å². The van der Waals surface area contributed by atoms with E-state index in [0.29, 0.717) is 0 Å². The molecule has 21 heavy (non-hydrogen) atoms. The zero-order valence-corrected chi connectivity index (χ0v) is 13.6. The van der Waals surface area contributed by atoms with Gasteiger partial charge in [0.15, 0.2) is 0 Å². The monoisotopic (exact) mass is 288 g/mol. The Labute approximate surface area is 128 Å². The highest BCUT2D eigenvalue weighted by molar-refractivity contribution is 5.81. The zero-order valence-electron chi connectivity index (χ0n) is 13.6. The summed E-state index contributed by atoms with van der Waals surface area (Å²) >= 11 is 0. The Kier molecular flexibility index (Phi) is 6.21. The maximum absolute atomic E-state index is 4.72. The van der Waals surface area contributed by atoms with Gasteiger partial charge in [0.2, 0.25) is 0 Å². The van der Waals surface area contributed by atoms with Crippen LogP contribution in [0.15, 0.2) is 24.3 Å². The van der Waals surface area contributed by atoms with E-state index in [1.165, 1.54) is 23.9 Å². The lowest BCUT2D eigenvalue weighted by Gasteiger charge is -2.17. The lowest BCUT2D eigenvalue weighted by molar-refractivity contribution is 0.298. The predicted octanol–water partition coefficient (Wildman–Crippen LogP) is 2.88. The van der Waals surface area contributed by atoms with Crippen molar-refractivity contribution >= 4 is 10.9 Å². The first-order valence-corrected chi connectivity index (χ1v) is 8.17. The van der Waals surface area contributed by atoms with Gasteiger partial charge >= 0.3 is 0 Å². The summed E-state index contributed by atoms with van der Waals surface area (Å²) in [5, 5.41) is 9.52. The van der Waals surface area contributed by atoms with Crippen LogP contribution in [0.2, 0.25) is 0 Å². The van der Waals surface area contributed by atoms with E-state index in [0.717, 1.165) is 38.4 Å². The molecule has 116 valence electrons. The molecule has 0 radical (unpaired) electrons. The van der Waals surface area contributed by atoms with Crippen LogP contribution in [0.25, 0.3) is 10.9 Å². The van der Waals surface area contributed by atoms with Crippen LogP contribution in [0.1, 0.15) is 32.9 Å². The van der Waals surface area contributed by atoms with Crippen molar-refractivity contribution in [3.05, 3.63) is 30.0 Å². The van der Waals surface area contributed by atoms with Crippen molar-refractivity contribution in [3.63, 3.8) is 0 Å². The summed E-state index contributed by atoms with van der Waals surface area (Å²) in [6.45, 7) is 12.9. The molecule has 0 unspecified atom stereocenters. The molecule has 0 spiro atoms. The summed E-state index contributed by atoms with van der Waals surface area (Å²) < 4.78 is 2.09. The van der Waals surface area contributed by atoms with Gasteiger partial charge in [-0.25, -0.2) is 0 Å². The highest BCUT2D eigenvalue weighted by Crippen LogP contribution is 2.18. The van der Waals surface area contributed by atoms with Crippen LogP contribution in [0.4, 0.5) is 0 Å². The first-order chi connectivity index (χ1) is 10.3. The molecule has 0 bridgehead atoms. The fourth-order valence-electron chi connectivity index (χ4n) is 2.74. The molecule has 0 aliphatic rings. The maximum Gasteiger partial charge on any atom is 0.0841 e. The number of para-hydroxylation sites is 1. The maximum atomic E-state index is 4.72. The van der Waals surface area contributed by atoms with Crippen molar-refractivity contribution in [1.82, 2.24) is 20.0 Å². The zero-order chi connectivity index (χ0) is 15.1. The number of hydrogen-bond donors (Lipinski definition) is 1. The van der Waals surface area contributed by atoms with Crippen LogP contribution in [-0.2, 0) is 13.1 Å². The van der Waals surface area contributed by atoms with Gasteiger partial charge in [0.05, 0.1) is 11.2 Å². The van der Waals surface area contributed by atoms with Crippen molar-refractivity contribution < 1.29 is 0 Å². The molecule has 0 saturated carbocycles. The van der Waals surface area contributed by atoms with Gasteiger partial charge in [0.25, 0.3) is 0 Å². The third-order valence-corrected chi connectivity index (χ3v) is 4.05. The van der Waals surface area contributed by atoms with Crippen molar-refractivity contribution in [2.75, 3.05) is 26.2 Å². The number of benzene rings is 1. The van der Waals surface area contributed by atoms with E-state index in [-0.39, 0.29) is 0 Å². The van der Waals surface area contributed by atoms with Crippen LogP contribution in [0, 0.1) is 0 Å². The number of aromatic nitrogens is 2. The molecule has 0 amide bonds. The second kappa shape index (κ2) is 8.15. The molecule has 2 aromatic rings. The highest BCUT2D eigenvalue weighted by Gasteiger charge is 2.08. The molecule has 2 rings (SSSR count). The Morgan fingerprint density at radius 3 is 2.62 bits per heavy atom. The van der Waals surface area contributed by atoms with Gasteiger partial charge in [-0.2, -0.15) is 5.10 Å². The Bertz CT molecular complexity index is 543. The summed E-state index contributed by atoms with van der Waals surface area (Å²) in [4.78, 5) is 2.46. The van der Waals surface area contributed by atoms with Crippen molar-refractivity contribution in [2.45, 2.75) is 40.3 Å². The van der Waals surface area contributed by atoms with Crippen LogP contribution >= 0.6 is 0 Å². The number of hydrogen-bond acceptors (Lipinski definition) is 3. The third-order valence-electron chi connectivity index (χ3n) is 4.05. The van der Waals surface area contributed by atoms with Crippen LogP contribution in [0.3, 0.4) is 0 Å². The molecular formula is C17H28N4. The van der Waals surface area contributed by atoms with Gasteiger partial charge in [-0.15, -0.1) is 0 Å². The smallest absolute Gasteiger partial charge is 0.0841 e. The third kappa shape index (κ3) is 4.05. The SMILES string of the molecule is CCN(CC)CCCNCc1nn(CC)c2ccccc12. The van der Waals surface area contributed by atoms with Gasteiger partial charge < -0.3 is 10.2 Å². The fourth-order valence-corrected chi connectivity index (χ4v) is 2.74. The lowest BCUT2D eigenvalue weighted by Crippen LogP contribution is -2.27. The normalized spacial score (nSPS) is 11.6. The second-order valence-corrected chi connectivity index (χ2v) is 5.34. The van der Waals surface area contributed by atoms with Crippen LogP contribution in [0.5, 0.6) is 0 Å². The minimum absolute atomic E-state index is 0.853. The van der Waals surface area contributed by atoms with Gasteiger partial charge in [-0.3, -0.25) is 4.68 Å². The van der Waals surface area contributed by atoms with E-state index in [4.69, 9.17) is 5.10 Å². The number of nitrogens with one attached hydrogen (secondary N) is 1. The molecule has 1 aromatic heterocycles. The molecule has 1 N–H and O–H groups in total. The average molecular weight is 288 g/mol. The van der Waals surface area contributed by atoms with Gasteiger partial charge in [0.1, 0.15) is 0 Å². The van der Waals surface area contributed by atoms with Crippen LogP contribution in [-0.4, -0.2) is 40.9 Å². The largest absolute Gasteiger partial charge is 0.311 e. The molecule has 0 fully saturated rings. The first-order valence-electron chi connectivity index (χ1n) is 8.17. The number of fused-ring (bicyclic) bond motifs is 1. The van der Waals surface area contributed by atoms with E-state index in [1.807, 2.05) is 0 Å². The van der Waals surface area contributed by atoms with E-state index >= 15 is 0 Å². The van der Waals surface area contributed by atoms with Crippen LogP contribution < -0.4 is 5.32 Å². The van der Waals surface area contributed by atoms with Crippen molar-refractivity contribution in [1.29, 1.82) is 0 Å². The molecule has 4 nitrogen and oxygen atoms in total. The van der Waals surface area contributed by atoms with Crippen molar-refractivity contribution in [2.24, 2.45) is 0 Å². The molecular weight excluding hydrogens is 260 g/mol. The summed E-state index contributed by atoms with van der Waals surface area (Å²) in [5.74, 6) is 0. The van der Waals surface area contributed by atoms with E-state index < -0.39 is 0 Å². The van der Waals surface area contributed by atoms with E-state index in [2.05, 4.69) is 59.9 Å². The molecule has 0 aliphatic heterocycles. The Hall–Kier alpha value is -1.39. The van der Waals surface area contributed by atoms with Crippen molar-refractivity contribution in [3.8, 4) is 0 Å². The number of rotatable bonds is 9. The summed E-state index contributed by atoms with van der Waals surface area (Å²) in [5.41, 5.74) is 2.40. The predicted molar refractivity (Wildman–Crippen MR) is 89.5 cm³/mol. The lowest BCUT2D eigenvalue weighted by atomic mass is 10.2. The molecule has 0 saturated heterocycles. The highest BCUT2D eigenvalue weighted by atomic mass is 15.3. The minimum Gasteiger partial charge on any atom is -0.311 e. The van der Waals surface area contributed by atoms with E-state index in [9.17, 15) is 0 Å². The molecule has 1 heterocycles. The van der Waals surface area contributed by atoms with Gasteiger partial charge in [-0.05, 0) is 45.6 Å². The average Bonchev–Trinajstić information content (AvgIpc) is 2.89. The van der Waals surface area contributed by atoms with Gasteiger partial charge in [-0.1, -0.05) is 32.0 Å². The standard InChI is InChI=1S/C17H28N4/c1-4-20(5-2)13-9-12-18-14-16-15-10-7-8-11-17(15)21(6-3)19-16/h7-8,10-11,18H,4-6,9,12-14H2,1-3H3. The summed E-state index contributed by atoms with van der Waals surface area (Å²) in [6, 6.07) is 8.49. The quantitative estimate of drug-likeness (QED) is 0.720. The summed E-state index contributed by atoms with van der Waals surface area (Å²) in [6.07, 6.45) is 1.19. The number of aryl methyl sites for hydroxylation is 1.